The largest absolute Gasteiger partial charge is 0.325 e. The lowest BCUT2D eigenvalue weighted by Crippen LogP contribution is -2.35. The van der Waals surface area contributed by atoms with Crippen molar-refractivity contribution in [2.24, 2.45) is 0 Å². The number of anilines is 1. The third-order valence-electron chi connectivity index (χ3n) is 4.85. The van der Waals surface area contributed by atoms with Crippen molar-refractivity contribution < 1.29 is 13.2 Å². The van der Waals surface area contributed by atoms with Gasteiger partial charge in [-0.2, -0.15) is 4.31 Å². The molecule has 0 radical (unpaired) electrons. The van der Waals surface area contributed by atoms with E-state index in [-0.39, 0.29) is 15.8 Å². The maximum atomic E-state index is 12.8. The molecule has 27 heavy (non-hydrogen) atoms. The second kappa shape index (κ2) is 10.4. The molecule has 152 valence electrons. The molecule has 0 aromatic heterocycles. The lowest BCUT2D eigenvalue weighted by Gasteiger charge is -2.24. The summed E-state index contributed by atoms with van der Waals surface area (Å²) in [7, 11) is -3.69. The first-order valence-electron chi connectivity index (χ1n) is 9.70. The molecule has 0 atom stereocenters. The van der Waals surface area contributed by atoms with Crippen LogP contribution in [0.3, 0.4) is 0 Å². The third-order valence-corrected chi connectivity index (χ3v) is 7.39. The predicted octanol–water partition coefficient (Wildman–Crippen LogP) is 3.58. The highest BCUT2D eigenvalue weighted by atomic mass is 35.5. The van der Waals surface area contributed by atoms with Crippen molar-refractivity contribution in [3.05, 3.63) is 23.2 Å². The second-order valence-corrected chi connectivity index (χ2v) is 9.14. The van der Waals surface area contributed by atoms with Crippen LogP contribution < -0.4 is 5.32 Å². The molecule has 1 heterocycles. The van der Waals surface area contributed by atoms with Crippen LogP contribution in [0.1, 0.15) is 46.0 Å². The van der Waals surface area contributed by atoms with E-state index in [0.29, 0.717) is 25.3 Å². The van der Waals surface area contributed by atoms with Gasteiger partial charge in [-0.1, -0.05) is 44.7 Å². The maximum Gasteiger partial charge on any atom is 0.244 e. The number of nitrogens with one attached hydrogen (secondary N) is 1. The summed E-state index contributed by atoms with van der Waals surface area (Å²) < 4.78 is 26.9. The van der Waals surface area contributed by atoms with Gasteiger partial charge in [-0.25, -0.2) is 8.42 Å². The van der Waals surface area contributed by atoms with Gasteiger partial charge in [0.1, 0.15) is 4.90 Å². The lowest BCUT2D eigenvalue weighted by atomic mass is 10.1. The minimum absolute atomic E-state index is 0.0249. The zero-order valence-corrected chi connectivity index (χ0v) is 17.8. The Balaban J connectivity index is 2.09. The Kier molecular flexibility index (Phi) is 8.54. The van der Waals surface area contributed by atoms with E-state index in [1.807, 2.05) is 0 Å². The molecule has 1 N–H and O–H groups in total. The van der Waals surface area contributed by atoms with E-state index >= 15 is 0 Å². The lowest BCUT2D eigenvalue weighted by molar-refractivity contribution is -0.117. The first kappa shape index (κ1) is 22.1. The number of carbonyl (C=O) groups excluding carboxylic acids is 1. The summed E-state index contributed by atoms with van der Waals surface area (Å²) in [4.78, 5) is 14.6. The van der Waals surface area contributed by atoms with Crippen LogP contribution in [0.5, 0.6) is 0 Å². The number of nitrogens with zero attached hydrogens (tertiary/aromatic N) is 2. The van der Waals surface area contributed by atoms with Gasteiger partial charge in [0.05, 0.1) is 11.6 Å². The first-order chi connectivity index (χ1) is 12.9. The topological polar surface area (TPSA) is 69.7 Å². The molecular weight excluding hydrogens is 386 g/mol. The van der Waals surface area contributed by atoms with Gasteiger partial charge in [-0.15, -0.1) is 0 Å². The Morgan fingerprint density at radius 2 is 1.70 bits per heavy atom. The highest BCUT2D eigenvalue weighted by molar-refractivity contribution is 7.89. The van der Waals surface area contributed by atoms with Crippen LogP contribution in [-0.4, -0.2) is 56.3 Å². The van der Waals surface area contributed by atoms with Gasteiger partial charge in [0, 0.05) is 18.8 Å². The van der Waals surface area contributed by atoms with Crippen molar-refractivity contribution >= 4 is 33.2 Å². The van der Waals surface area contributed by atoms with Gasteiger partial charge < -0.3 is 5.32 Å². The molecule has 1 saturated heterocycles. The van der Waals surface area contributed by atoms with Crippen LogP contribution in [-0.2, 0) is 14.8 Å². The van der Waals surface area contributed by atoms with Gasteiger partial charge in [-0.05, 0) is 44.1 Å². The van der Waals surface area contributed by atoms with Gasteiger partial charge >= 0.3 is 0 Å². The van der Waals surface area contributed by atoms with Gasteiger partial charge in [-0.3, -0.25) is 9.69 Å². The zero-order valence-electron chi connectivity index (χ0n) is 16.2. The molecule has 1 aromatic rings. The molecule has 0 saturated carbocycles. The Morgan fingerprint density at radius 3 is 2.30 bits per heavy atom. The molecule has 8 heteroatoms. The normalized spacial score (nSPS) is 16.7. The molecule has 1 aromatic carbocycles. The number of carbonyl (C=O) groups is 1. The van der Waals surface area contributed by atoms with Crippen LogP contribution in [0.4, 0.5) is 5.69 Å². The average Bonchev–Trinajstić information content (AvgIpc) is 2.59. The second-order valence-electron chi connectivity index (χ2n) is 6.83. The quantitative estimate of drug-likeness (QED) is 0.738. The van der Waals surface area contributed by atoms with E-state index in [4.69, 9.17) is 11.6 Å². The van der Waals surface area contributed by atoms with Gasteiger partial charge in [0.15, 0.2) is 0 Å². The SMILES string of the molecule is CCN(CC)S(=O)(=O)c1cc(NC(=O)CN2CCCCCCC2)ccc1Cl. The van der Waals surface area contributed by atoms with Crippen molar-refractivity contribution in [3.8, 4) is 0 Å². The monoisotopic (exact) mass is 415 g/mol. The van der Waals surface area contributed by atoms with E-state index in [1.54, 1.807) is 19.9 Å². The number of sulfonamides is 1. The van der Waals surface area contributed by atoms with Crippen LogP contribution in [0, 0.1) is 0 Å². The van der Waals surface area contributed by atoms with Crippen molar-refractivity contribution in [1.29, 1.82) is 0 Å². The summed E-state index contributed by atoms with van der Waals surface area (Å²) in [6.07, 6.45) is 5.92. The fourth-order valence-electron chi connectivity index (χ4n) is 3.36. The fourth-order valence-corrected chi connectivity index (χ4v) is 5.31. The van der Waals surface area contributed by atoms with Gasteiger partial charge in [0.25, 0.3) is 0 Å². The number of benzene rings is 1. The van der Waals surface area contributed by atoms with Crippen LogP contribution in [0.2, 0.25) is 5.02 Å². The van der Waals surface area contributed by atoms with E-state index in [2.05, 4.69) is 10.2 Å². The summed E-state index contributed by atoms with van der Waals surface area (Å²) in [6.45, 7) is 6.46. The Morgan fingerprint density at radius 1 is 1.11 bits per heavy atom. The summed E-state index contributed by atoms with van der Waals surface area (Å²) in [5.41, 5.74) is 0.446. The molecule has 0 bridgehead atoms. The van der Waals surface area contributed by atoms with Crippen molar-refractivity contribution in [2.45, 2.75) is 50.8 Å². The number of likely N-dealkylation sites (tertiary alicyclic amines) is 1. The van der Waals surface area contributed by atoms with Crippen molar-refractivity contribution in [3.63, 3.8) is 0 Å². The number of rotatable bonds is 7. The van der Waals surface area contributed by atoms with E-state index in [1.165, 1.54) is 35.7 Å². The number of hydrogen-bond acceptors (Lipinski definition) is 4. The Hall–Kier alpha value is -1.15. The zero-order chi connectivity index (χ0) is 19.9. The summed E-state index contributed by atoms with van der Waals surface area (Å²) in [5, 5.41) is 2.97. The molecule has 6 nitrogen and oxygen atoms in total. The fraction of sp³-hybridized carbons (Fsp3) is 0.632. The molecule has 0 spiro atoms. The summed E-state index contributed by atoms with van der Waals surface area (Å²) in [6, 6.07) is 4.60. The average molecular weight is 416 g/mol. The smallest absolute Gasteiger partial charge is 0.244 e. The molecule has 1 amide bonds. The summed E-state index contributed by atoms with van der Waals surface area (Å²) >= 11 is 6.14. The van der Waals surface area contributed by atoms with Crippen LogP contribution in [0.25, 0.3) is 0 Å². The van der Waals surface area contributed by atoms with Crippen LogP contribution >= 0.6 is 11.6 Å². The third kappa shape index (κ3) is 6.17. The molecule has 0 aliphatic carbocycles. The minimum Gasteiger partial charge on any atom is -0.325 e. The number of hydrogen-bond donors (Lipinski definition) is 1. The predicted molar refractivity (Wildman–Crippen MR) is 110 cm³/mol. The van der Waals surface area contributed by atoms with Gasteiger partial charge in [0.2, 0.25) is 15.9 Å². The molecule has 2 rings (SSSR count). The van der Waals surface area contributed by atoms with E-state index in [0.717, 1.165) is 25.9 Å². The number of amides is 1. The molecular formula is C19H30ClN3O3S. The molecule has 1 aliphatic heterocycles. The van der Waals surface area contributed by atoms with E-state index < -0.39 is 10.0 Å². The Bertz CT molecular complexity index is 728. The van der Waals surface area contributed by atoms with E-state index in [9.17, 15) is 13.2 Å². The maximum absolute atomic E-state index is 12.8. The molecule has 1 fully saturated rings. The highest BCUT2D eigenvalue weighted by Crippen LogP contribution is 2.27. The first-order valence-corrected chi connectivity index (χ1v) is 11.5. The summed E-state index contributed by atoms with van der Waals surface area (Å²) in [5.74, 6) is -0.135. The highest BCUT2D eigenvalue weighted by Gasteiger charge is 2.25. The van der Waals surface area contributed by atoms with Crippen molar-refractivity contribution in [1.82, 2.24) is 9.21 Å². The van der Waals surface area contributed by atoms with Crippen LogP contribution in [0.15, 0.2) is 23.1 Å². The standard InChI is InChI=1S/C19H30ClN3O3S/c1-3-23(4-2)27(25,26)18-14-16(10-11-17(18)20)21-19(24)15-22-12-8-6-5-7-9-13-22/h10-11,14H,3-9,12-13,15H2,1-2H3,(H,21,24). The number of halogens is 1. The minimum atomic E-state index is -3.69. The molecule has 0 unspecified atom stereocenters. The van der Waals surface area contributed by atoms with Crippen molar-refractivity contribution in [2.75, 3.05) is 38.0 Å². The Labute approximate surface area is 167 Å². The molecule has 1 aliphatic rings.